The van der Waals surface area contributed by atoms with E-state index in [0.29, 0.717) is 19.1 Å². The zero-order valence-corrected chi connectivity index (χ0v) is 13.5. The smallest absolute Gasteiger partial charge is 0.239 e. The highest BCUT2D eigenvalue weighted by atomic mass is 16.5. The predicted molar refractivity (Wildman–Crippen MR) is 83.0 cm³/mol. The van der Waals surface area contributed by atoms with Gasteiger partial charge in [0.1, 0.15) is 0 Å². The van der Waals surface area contributed by atoms with Gasteiger partial charge in [0.25, 0.3) is 0 Å². The van der Waals surface area contributed by atoms with Gasteiger partial charge in [-0.2, -0.15) is 0 Å². The lowest BCUT2D eigenvalue weighted by Gasteiger charge is -2.21. The van der Waals surface area contributed by atoms with E-state index >= 15 is 0 Å². The highest BCUT2D eigenvalue weighted by Gasteiger charge is 2.13. The van der Waals surface area contributed by atoms with Gasteiger partial charge in [0.05, 0.1) is 13.2 Å². The van der Waals surface area contributed by atoms with Crippen molar-refractivity contribution in [1.82, 2.24) is 16.0 Å². The molecule has 0 fully saturated rings. The van der Waals surface area contributed by atoms with Gasteiger partial charge in [-0.25, -0.2) is 0 Å². The number of unbranched alkanes of at least 4 members (excludes halogenated alkanes) is 1. The molecule has 0 aromatic carbocycles. The quantitative estimate of drug-likeness (QED) is 0.352. The lowest BCUT2D eigenvalue weighted by atomic mass is 10.1. The maximum atomic E-state index is 11.6. The monoisotopic (exact) mass is 286 g/mol. The van der Waals surface area contributed by atoms with E-state index in [1.807, 2.05) is 20.8 Å². The maximum Gasteiger partial charge on any atom is 0.239 e. The molecule has 0 bridgehead atoms. The molecular weight excluding hydrogens is 256 g/mol. The number of hydrogen-bond donors (Lipinski definition) is 3. The van der Waals surface area contributed by atoms with E-state index in [1.54, 1.807) is 7.05 Å². The second-order valence-electron chi connectivity index (χ2n) is 5.62. The average molecular weight is 286 g/mol. The first-order valence-electron chi connectivity index (χ1n) is 7.22. The Bertz CT molecular complexity index is 298. The van der Waals surface area contributed by atoms with Crippen molar-refractivity contribution in [2.24, 2.45) is 4.99 Å². The highest BCUT2D eigenvalue weighted by Crippen LogP contribution is 1.96. The number of amides is 1. The molecule has 1 amide bonds. The first-order valence-corrected chi connectivity index (χ1v) is 7.22. The summed E-state index contributed by atoms with van der Waals surface area (Å²) < 4.78 is 5.44. The standard InChI is InChI=1S/C14H30N4O2/c1-6-7-9-20-10-8-16-13(15-5)17-11-12(19)18-14(2,3)4/h6-11H2,1-5H3,(H,18,19)(H2,15,16,17). The van der Waals surface area contributed by atoms with E-state index in [4.69, 9.17) is 4.74 Å². The fourth-order valence-electron chi connectivity index (χ4n) is 1.44. The number of nitrogens with one attached hydrogen (secondary N) is 3. The number of carbonyl (C=O) groups is 1. The molecule has 0 heterocycles. The first-order chi connectivity index (χ1) is 9.39. The molecule has 0 atom stereocenters. The minimum absolute atomic E-state index is 0.0559. The summed E-state index contributed by atoms with van der Waals surface area (Å²) in [6, 6.07) is 0. The van der Waals surface area contributed by atoms with Gasteiger partial charge in [0, 0.05) is 25.7 Å². The lowest BCUT2D eigenvalue weighted by Crippen LogP contribution is -2.48. The van der Waals surface area contributed by atoms with Crippen LogP contribution >= 0.6 is 0 Å². The van der Waals surface area contributed by atoms with Gasteiger partial charge in [0.2, 0.25) is 5.91 Å². The van der Waals surface area contributed by atoms with Crippen molar-refractivity contribution in [3.63, 3.8) is 0 Å². The molecule has 0 radical (unpaired) electrons. The molecule has 0 saturated carbocycles. The molecule has 6 nitrogen and oxygen atoms in total. The third-order valence-corrected chi connectivity index (χ3v) is 2.34. The Labute approximate surface area is 122 Å². The number of aliphatic imine (C=N–C) groups is 1. The second-order valence-corrected chi connectivity index (χ2v) is 5.62. The minimum Gasteiger partial charge on any atom is -0.380 e. The highest BCUT2D eigenvalue weighted by molar-refractivity contribution is 5.86. The summed E-state index contributed by atoms with van der Waals surface area (Å²) in [5, 5.41) is 8.94. The zero-order valence-electron chi connectivity index (χ0n) is 13.5. The Morgan fingerprint density at radius 1 is 1.20 bits per heavy atom. The summed E-state index contributed by atoms with van der Waals surface area (Å²) >= 11 is 0. The van der Waals surface area contributed by atoms with Crippen LogP contribution in [0.25, 0.3) is 0 Å². The van der Waals surface area contributed by atoms with Gasteiger partial charge < -0.3 is 20.7 Å². The van der Waals surface area contributed by atoms with Crippen molar-refractivity contribution >= 4 is 11.9 Å². The van der Waals surface area contributed by atoms with Gasteiger partial charge in [-0.15, -0.1) is 0 Å². The third-order valence-electron chi connectivity index (χ3n) is 2.34. The van der Waals surface area contributed by atoms with Gasteiger partial charge in [-0.05, 0) is 27.2 Å². The number of ether oxygens (including phenoxy) is 1. The summed E-state index contributed by atoms with van der Waals surface area (Å²) in [6.45, 7) is 10.3. The molecule has 0 aromatic rings. The molecule has 0 aromatic heterocycles. The average Bonchev–Trinajstić information content (AvgIpc) is 2.35. The molecule has 0 aliphatic carbocycles. The van der Waals surface area contributed by atoms with Crippen LogP contribution < -0.4 is 16.0 Å². The van der Waals surface area contributed by atoms with Crippen molar-refractivity contribution in [2.75, 3.05) is 33.4 Å². The molecule has 0 aliphatic rings. The summed E-state index contributed by atoms with van der Waals surface area (Å²) in [6.07, 6.45) is 2.22. The van der Waals surface area contributed by atoms with Crippen LogP contribution in [0.1, 0.15) is 40.5 Å². The molecule has 3 N–H and O–H groups in total. The summed E-state index contributed by atoms with van der Waals surface area (Å²) in [5.74, 6) is 0.549. The maximum absolute atomic E-state index is 11.6. The number of rotatable bonds is 8. The normalized spacial score (nSPS) is 12.2. The fourth-order valence-corrected chi connectivity index (χ4v) is 1.44. The number of hydrogen-bond acceptors (Lipinski definition) is 3. The molecule has 0 aliphatic heterocycles. The molecule has 6 heteroatoms. The van der Waals surface area contributed by atoms with E-state index in [-0.39, 0.29) is 18.0 Å². The van der Waals surface area contributed by atoms with Crippen molar-refractivity contribution in [2.45, 2.75) is 46.1 Å². The Hall–Kier alpha value is -1.30. The van der Waals surface area contributed by atoms with E-state index in [2.05, 4.69) is 27.9 Å². The summed E-state index contributed by atoms with van der Waals surface area (Å²) in [7, 11) is 1.68. The number of guanidine groups is 1. The van der Waals surface area contributed by atoms with Gasteiger partial charge in [-0.1, -0.05) is 13.3 Å². The predicted octanol–water partition coefficient (Wildman–Crippen LogP) is 0.883. The molecule has 0 unspecified atom stereocenters. The Morgan fingerprint density at radius 3 is 2.45 bits per heavy atom. The topological polar surface area (TPSA) is 74.8 Å². The lowest BCUT2D eigenvalue weighted by molar-refractivity contribution is -0.121. The summed E-state index contributed by atoms with van der Waals surface area (Å²) in [5.41, 5.74) is -0.219. The molecule has 20 heavy (non-hydrogen) atoms. The van der Waals surface area contributed by atoms with Crippen LogP contribution in [0.4, 0.5) is 0 Å². The number of nitrogens with zero attached hydrogens (tertiary/aromatic N) is 1. The van der Waals surface area contributed by atoms with Crippen LogP contribution in [0, 0.1) is 0 Å². The third kappa shape index (κ3) is 11.8. The Balaban J connectivity index is 3.75. The number of carbonyl (C=O) groups excluding carboxylic acids is 1. The van der Waals surface area contributed by atoms with E-state index in [1.165, 1.54) is 0 Å². The van der Waals surface area contributed by atoms with Gasteiger partial charge in [-0.3, -0.25) is 9.79 Å². The van der Waals surface area contributed by atoms with Crippen LogP contribution in [0.3, 0.4) is 0 Å². The second kappa shape index (κ2) is 10.5. The Kier molecular flexibility index (Phi) is 9.80. The molecule has 0 rings (SSSR count). The van der Waals surface area contributed by atoms with Crippen LogP contribution in [-0.4, -0.2) is 50.8 Å². The van der Waals surface area contributed by atoms with E-state index < -0.39 is 0 Å². The summed E-state index contributed by atoms with van der Waals surface area (Å²) in [4.78, 5) is 15.7. The van der Waals surface area contributed by atoms with Crippen LogP contribution in [0.15, 0.2) is 4.99 Å². The molecular formula is C14H30N4O2. The van der Waals surface area contributed by atoms with Crippen molar-refractivity contribution < 1.29 is 9.53 Å². The largest absolute Gasteiger partial charge is 0.380 e. The minimum atomic E-state index is -0.219. The van der Waals surface area contributed by atoms with E-state index in [0.717, 1.165) is 19.4 Å². The van der Waals surface area contributed by atoms with Gasteiger partial charge in [0.15, 0.2) is 5.96 Å². The van der Waals surface area contributed by atoms with Crippen molar-refractivity contribution in [1.29, 1.82) is 0 Å². The van der Waals surface area contributed by atoms with Crippen LogP contribution in [0.2, 0.25) is 0 Å². The van der Waals surface area contributed by atoms with Crippen LogP contribution in [0.5, 0.6) is 0 Å². The fraction of sp³-hybridized carbons (Fsp3) is 0.857. The van der Waals surface area contributed by atoms with Crippen molar-refractivity contribution in [3.8, 4) is 0 Å². The first kappa shape index (κ1) is 18.7. The SMILES string of the molecule is CCCCOCCNC(=NC)NCC(=O)NC(C)(C)C. The molecule has 0 spiro atoms. The van der Waals surface area contributed by atoms with Crippen LogP contribution in [-0.2, 0) is 9.53 Å². The zero-order chi connectivity index (χ0) is 15.4. The molecule has 0 saturated heterocycles. The van der Waals surface area contributed by atoms with Gasteiger partial charge >= 0.3 is 0 Å². The molecule has 118 valence electrons. The van der Waals surface area contributed by atoms with E-state index in [9.17, 15) is 4.79 Å². The Morgan fingerprint density at radius 2 is 1.90 bits per heavy atom. The van der Waals surface area contributed by atoms with Crippen molar-refractivity contribution in [3.05, 3.63) is 0 Å².